The molecule has 0 unspecified atom stereocenters. The number of hydrogen-bond donors (Lipinski definition) is 1. The smallest absolute Gasteiger partial charge is 0.252 e. The number of H-pyrrole nitrogens is 1. The standard InChI is InChI=1S/C27H30N2O/c30-27-26(11-6-18-28-27)21-29-19-16-23(17-20-29)13-15-25-10-5-4-9-24(25)14-12-22-7-2-1-3-8-22/h1-11,13,15,18,23H,12,14,16-17,19-21H2,(H,28,30). The lowest BCUT2D eigenvalue weighted by Crippen LogP contribution is -2.34. The van der Waals surface area contributed by atoms with Crippen molar-refractivity contribution in [3.8, 4) is 0 Å². The Labute approximate surface area is 179 Å². The maximum absolute atomic E-state index is 11.9. The fraction of sp³-hybridized carbons (Fsp3) is 0.296. The fourth-order valence-electron chi connectivity index (χ4n) is 4.21. The Morgan fingerprint density at radius 1 is 0.867 bits per heavy atom. The van der Waals surface area contributed by atoms with E-state index in [-0.39, 0.29) is 5.56 Å². The van der Waals surface area contributed by atoms with Gasteiger partial charge >= 0.3 is 0 Å². The minimum Gasteiger partial charge on any atom is -0.329 e. The van der Waals surface area contributed by atoms with Crippen LogP contribution in [0.15, 0.2) is 83.8 Å². The summed E-state index contributed by atoms with van der Waals surface area (Å²) >= 11 is 0. The predicted molar refractivity (Wildman–Crippen MR) is 124 cm³/mol. The number of aromatic amines is 1. The number of nitrogens with zero attached hydrogens (tertiary/aromatic N) is 1. The molecule has 0 spiro atoms. The lowest BCUT2D eigenvalue weighted by molar-refractivity contribution is 0.195. The first-order valence-corrected chi connectivity index (χ1v) is 11.0. The number of likely N-dealkylation sites (tertiary alicyclic amines) is 1. The molecule has 3 aromatic rings. The Morgan fingerprint density at radius 3 is 2.40 bits per heavy atom. The number of aryl methyl sites for hydroxylation is 2. The second-order valence-corrected chi connectivity index (χ2v) is 8.18. The summed E-state index contributed by atoms with van der Waals surface area (Å²) < 4.78 is 0. The SMILES string of the molecule is O=c1[nH]cccc1CN1CCC(C=Cc2ccccc2CCc2ccccc2)CC1. The van der Waals surface area contributed by atoms with Crippen molar-refractivity contribution >= 4 is 6.08 Å². The average molecular weight is 399 g/mol. The van der Waals surface area contributed by atoms with Gasteiger partial charge < -0.3 is 4.98 Å². The molecule has 1 saturated heterocycles. The van der Waals surface area contributed by atoms with Crippen LogP contribution >= 0.6 is 0 Å². The summed E-state index contributed by atoms with van der Waals surface area (Å²) in [7, 11) is 0. The molecule has 1 N–H and O–H groups in total. The van der Waals surface area contributed by atoms with Crippen LogP contribution in [-0.2, 0) is 19.4 Å². The van der Waals surface area contributed by atoms with Gasteiger partial charge in [0.25, 0.3) is 5.56 Å². The molecule has 1 aromatic heterocycles. The minimum absolute atomic E-state index is 0.0339. The molecular weight excluding hydrogens is 368 g/mol. The number of allylic oxidation sites excluding steroid dienone is 1. The molecule has 0 saturated carbocycles. The van der Waals surface area contributed by atoms with Crippen molar-refractivity contribution in [2.75, 3.05) is 13.1 Å². The zero-order valence-corrected chi connectivity index (χ0v) is 17.5. The van der Waals surface area contributed by atoms with Crippen molar-refractivity contribution in [2.24, 2.45) is 5.92 Å². The van der Waals surface area contributed by atoms with Gasteiger partial charge in [0.2, 0.25) is 0 Å². The Balaban J connectivity index is 1.31. The summed E-state index contributed by atoms with van der Waals surface area (Å²) in [4.78, 5) is 17.1. The molecule has 4 rings (SSSR count). The van der Waals surface area contributed by atoms with Crippen molar-refractivity contribution in [1.82, 2.24) is 9.88 Å². The summed E-state index contributed by atoms with van der Waals surface area (Å²) in [5.74, 6) is 0.609. The van der Waals surface area contributed by atoms with Crippen molar-refractivity contribution in [1.29, 1.82) is 0 Å². The second-order valence-electron chi connectivity index (χ2n) is 8.18. The quantitative estimate of drug-likeness (QED) is 0.602. The molecule has 0 bridgehead atoms. The molecule has 2 aromatic carbocycles. The lowest BCUT2D eigenvalue weighted by atomic mass is 9.94. The van der Waals surface area contributed by atoms with Gasteiger partial charge in [-0.15, -0.1) is 0 Å². The summed E-state index contributed by atoms with van der Waals surface area (Å²) in [5, 5.41) is 0. The average Bonchev–Trinajstić information content (AvgIpc) is 2.80. The zero-order valence-electron chi connectivity index (χ0n) is 17.5. The van der Waals surface area contributed by atoms with E-state index in [4.69, 9.17) is 0 Å². The van der Waals surface area contributed by atoms with Crippen LogP contribution in [-0.4, -0.2) is 23.0 Å². The van der Waals surface area contributed by atoms with Gasteiger partial charge in [-0.3, -0.25) is 9.69 Å². The molecule has 3 nitrogen and oxygen atoms in total. The lowest BCUT2D eigenvalue weighted by Gasteiger charge is -2.30. The zero-order chi connectivity index (χ0) is 20.6. The Morgan fingerprint density at radius 2 is 1.60 bits per heavy atom. The Kier molecular flexibility index (Phi) is 6.94. The van der Waals surface area contributed by atoms with Crippen LogP contribution < -0.4 is 5.56 Å². The first kappa shape index (κ1) is 20.4. The van der Waals surface area contributed by atoms with Crippen molar-refractivity contribution in [3.63, 3.8) is 0 Å². The highest BCUT2D eigenvalue weighted by Gasteiger charge is 2.18. The number of rotatable bonds is 7. The van der Waals surface area contributed by atoms with Gasteiger partial charge in [-0.05, 0) is 67.4 Å². The highest BCUT2D eigenvalue weighted by Crippen LogP contribution is 2.22. The van der Waals surface area contributed by atoms with Crippen LogP contribution in [0.25, 0.3) is 6.08 Å². The number of pyridine rings is 1. The molecule has 154 valence electrons. The normalized spacial score (nSPS) is 15.6. The molecule has 1 aliphatic rings. The third kappa shape index (κ3) is 5.58. The monoisotopic (exact) mass is 398 g/mol. The van der Waals surface area contributed by atoms with Gasteiger partial charge in [0.05, 0.1) is 0 Å². The van der Waals surface area contributed by atoms with Gasteiger partial charge in [0.1, 0.15) is 0 Å². The first-order chi connectivity index (χ1) is 14.8. The first-order valence-electron chi connectivity index (χ1n) is 11.0. The number of piperidine rings is 1. The van der Waals surface area contributed by atoms with E-state index in [1.165, 1.54) is 16.7 Å². The van der Waals surface area contributed by atoms with Gasteiger partial charge in [0, 0.05) is 18.3 Å². The number of nitrogens with one attached hydrogen (secondary N) is 1. The number of benzene rings is 2. The van der Waals surface area contributed by atoms with Crippen LogP contribution in [0.4, 0.5) is 0 Å². The van der Waals surface area contributed by atoms with Gasteiger partial charge in [-0.1, -0.05) is 72.8 Å². The molecule has 3 heteroatoms. The van der Waals surface area contributed by atoms with Crippen LogP contribution in [0, 0.1) is 5.92 Å². The molecule has 0 amide bonds. The van der Waals surface area contributed by atoms with Crippen LogP contribution in [0.3, 0.4) is 0 Å². The van der Waals surface area contributed by atoms with Crippen molar-refractivity contribution in [2.45, 2.75) is 32.2 Å². The van der Waals surface area contributed by atoms with Crippen molar-refractivity contribution in [3.05, 3.63) is 112 Å². The molecule has 0 aliphatic carbocycles. The third-order valence-corrected chi connectivity index (χ3v) is 6.05. The highest BCUT2D eigenvalue weighted by atomic mass is 16.1. The van der Waals surface area contributed by atoms with E-state index >= 15 is 0 Å². The molecule has 30 heavy (non-hydrogen) atoms. The largest absolute Gasteiger partial charge is 0.329 e. The fourth-order valence-corrected chi connectivity index (χ4v) is 4.21. The third-order valence-electron chi connectivity index (χ3n) is 6.05. The second kappa shape index (κ2) is 10.2. The van der Waals surface area contributed by atoms with Crippen LogP contribution in [0.2, 0.25) is 0 Å². The van der Waals surface area contributed by atoms with E-state index < -0.39 is 0 Å². The number of hydrogen-bond acceptors (Lipinski definition) is 2. The van der Waals surface area contributed by atoms with E-state index in [0.717, 1.165) is 50.9 Å². The Bertz CT molecular complexity index is 1010. The van der Waals surface area contributed by atoms with E-state index in [1.807, 2.05) is 12.1 Å². The predicted octanol–water partition coefficient (Wildman–Crippen LogP) is 5.09. The maximum atomic E-state index is 11.9. The molecule has 1 fully saturated rings. The Hall–Kier alpha value is -2.91. The van der Waals surface area contributed by atoms with E-state index in [2.05, 4.69) is 76.6 Å². The molecule has 0 atom stereocenters. The minimum atomic E-state index is 0.0339. The summed E-state index contributed by atoms with van der Waals surface area (Å²) in [6, 6.07) is 23.3. The molecular formula is C27H30N2O. The van der Waals surface area contributed by atoms with Gasteiger partial charge in [-0.25, -0.2) is 0 Å². The maximum Gasteiger partial charge on any atom is 0.252 e. The van der Waals surface area contributed by atoms with Gasteiger partial charge in [0.15, 0.2) is 0 Å². The van der Waals surface area contributed by atoms with E-state index in [1.54, 1.807) is 6.20 Å². The molecule has 0 radical (unpaired) electrons. The highest BCUT2D eigenvalue weighted by molar-refractivity contribution is 5.54. The summed E-state index contributed by atoms with van der Waals surface area (Å²) in [5.41, 5.74) is 5.04. The summed E-state index contributed by atoms with van der Waals surface area (Å²) in [6.07, 6.45) is 10.8. The van der Waals surface area contributed by atoms with Crippen LogP contribution in [0.1, 0.15) is 35.1 Å². The van der Waals surface area contributed by atoms with Gasteiger partial charge in [-0.2, -0.15) is 0 Å². The van der Waals surface area contributed by atoms with Crippen molar-refractivity contribution < 1.29 is 0 Å². The summed E-state index contributed by atoms with van der Waals surface area (Å²) in [6.45, 7) is 2.83. The topological polar surface area (TPSA) is 36.1 Å². The molecule has 2 heterocycles. The molecule has 1 aliphatic heterocycles. The van der Waals surface area contributed by atoms with E-state index in [0.29, 0.717) is 5.92 Å². The van der Waals surface area contributed by atoms with Crippen LogP contribution in [0.5, 0.6) is 0 Å². The number of aromatic nitrogens is 1. The van der Waals surface area contributed by atoms with E-state index in [9.17, 15) is 4.79 Å².